The number of pyridine rings is 1. The second-order valence-electron chi connectivity index (χ2n) is 4.76. The molecule has 1 aromatic carbocycles. The number of carbonyl (C=O) groups is 3. The molecule has 0 saturated carbocycles. The normalized spacial score (nSPS) is 18.9. The first-order valence-electron chi connectivity index (χ1n) is 6.37. The van der Waals surface area contributed by atoms with E-state index < -0.39 is 5.92 Å². The van der Waals surface area contributed by atoms with Crippen LogP contribution in [0.25, 0.3) is 10.8 Å². The molecule has 1 N–H and O–H groups in total. The molecule has 100 valence electrons. The Kier molecular flexibility index (Phi) is 3.02. The van der Waals surface area contributed by atoms with Gasteiger partial charge < -0.3 is 0 Å². The van der Waals surface area contributed by atoms with Gasteiger partial charge in [0.25, 0.3) is 0 Å². The fraction of sp³-hybridized carbons (Fsp3) is 0.200. The largest absolute Gasteiger partial charge is 0.298 e. The number of nitrogens with zero attached hydrogens (tertiary/aromatic N) is 1. The minimum atomic E-state index is -0.446. The molecule has 5 heteroatoms. The van der Waals surface area contributed by atoms with Crippen molar-refractivity contribution in [1.82, 2.24) is 10.3 Å². The summed E-state index contributed by atoms with van der Waals surface area (Å²) < 4.78 is 0. The van der Waals surface area contributed by atoms with Crippen molar-refractivity contribution in [3.05, 3.63) is 41.7 Å². The van der Waals surface area contributed by atoms with Gasteiger partial charge in [0, 0.05) is 23.6 Å². The Balaban J connectivity index is 2.15. The van der Waals surface area contributed by atoms with E-state index in [9.17, 15) is 14.4 Å². The summed E-state index contributed by atoms with van der Waals surface area (Å²) in [4.78, 5) is 38.5. The number of piperidine rings is 1. The Bertz CT molecular complexity index is 724. The van der Waals surface area contributed by atoms with Crippen LogP contribution in [0.1, 0.15) is 34.8 Å². The highest BCUT2D eigenvalue weighted by molar-refractivity contribution is 6.04. The molecule has 1 saturated heterocycles. The molecule has 2 aromatic rings. The highest BCUT2D eigenvalue weighted by Crippen LogP contribution is 2.30. The maximum Gasteiger partial charge on any atom is 0.235 e. The monoisotopic (exact) mass is 268 g/mol. The molecule has 1 fully saturated rings. The van der Waals surface area contributed by atoms with E-state index in [0.717, 1.165) is 17.1 Å². The van der Waals surface area contributed by atoms with E-state index in [1.807, 2.05) is 6.07 Å². The van der Waals surface area contributed by atoms with E-state index in [4.69, 9.17) is 0 Å². The van der Waals surface area contributed by atoms with E-state index >= 15 is 0 Å². The smallest absolute Gasteiger partial charge is 0.235 e. The molecule has 1 aliphatic heterocycles. The van der Waals surface area contributed by atoms with Crippen molar-refractivity contribution in [2.75, 3.05) is 0 Å². The van der Waals surface area contributed by atoms with Gasteiger partial charge in [-0.05, 0) is 17.9 Å². The average molecular weight is 268 g/mol. The van der Waals surface area contributed by atoms with Gasteiger partial charge in [-0.3, -0.25) is 24.7 Å². The molecule has 0 radical (unpaired) electrons. The zero-order valence-electron chi connectivity index (χ0n) is 10.6. The zero-order valence-corrected chi connectivity index (χ0v) is 10.6. The topological polar surface area (TPSA) is 76.1 Å². The lowest BCUT2D eigenvalue weighted by molar-refractivity contribution is -0.134. The number of aldehydes is 1. The van der Waals surface area contributed by atoms with Crippen LogP contribution in [0, 0.1) is 0 Å². The van der Waals surface area contributed by atoms with Crippen molar-refractivity contribution >= 4 is 28.9 Å². The second-order valence-corrected chi connectivity index (χ2v) is 4.76. The lowest BCUT2D eigenvalue weighted by Gasteiger charge is -2.21. The van der Waals surface area contributed by atoms with E-state index in [1.54, 1.807) is 24.4 Å². The molecule has 2 heterocycles. The molecule has 1 atom stereocenters. The van der Waals surface area contributed by atoms with Crippen LogP contribution in [0.3, 0.4) is 0 Å². The van der Waals surface area contributed by atoms with Crippen molar-refractivity contribution in [2.24, 2.45) is 0 Å². The van der Waals surface area contributed by atoms with Crippen molar-refractivity contribution in [2.45, 2.75) is 18.8 Å². The molecule has 20 heavy (non-hydrogen) atoms. The molecule has 5 nitrogen and oxygen atoms in total. The third-order valence-electron chi connectivity index (χ3n) is 3.57. The van der Waals surface area contributed by atoms with Gasteiger partial charge in [-0.15, -0.1) is 0 Å². The number of aromatic nitrogens is 1. The first-order chi connectivity index (χ1) is 9.70. The predicted molar refractivity (Wildman–Crippen MR) is 72.3 cm³/mol. The van der Waals surface area contributed by atoms with Crippen LogP contribution in [0.5, 0.6) is 0 Å². The zero-order chi connectivity index (χ0) is 14.1. The van der Waals surface area contributed by atoms with E-state index in [0.29, 0.717) is 24.1 Å². The number of carbonyl (C=O) groups excluding carboxylic acids is 3. The summed E-state index contributed by atoms with van der Waals surface area (Å²) in [6, 6.07) is 7.09. The summed E-state index contributed by atoms with van der Waals surface area (Å²) in [5.74, 6) is -1.02. The van der Waals surface area contributed by atoms with Crippen LogP contribution in [-0.2, 0) is 9.59 Å². The highest BCUT2D eigenvalue weighted by atomic mass is 16.2. The summed E-state index contributed by atoms with van der Waals surface area (Å²) in [6.45, 7) is 0. The third kappa shape index (κ3) is 1.97. The van der Waals surface area contributed by atoms with Gasteiger partial charge in [0.2, 0.25) is 11.8 Å². The number of rotatable bonds is 2. The highest BCUT2D eigenvalue weighted by Gasteiger charge is 2.30. The average Bonchev–Trinajstić information content (AvgIpc) is 2.46. The van der Waals surface area contributed by atoms with Gasteiger partial charge in [-0.1, -0.05) is 18.2 Å². The lowest BCUT2D eigenvalue weighted by Crippen LogP contribution is -2.39. The van der Waals surface area contributed by atoms with Gasteiger partial charge in [0.1, 0.15) is 0 Å². The molecular formula is C15H12N2O3. The van der Waals surface area contributed by atoms with Crippen LogP contribution in [0.4, 0.5) is 0 Å². The fourth-order valence-corrected chi connectivity index (χ4v) is 2.59. The molecule has 1 unspecified atom stereocenters. The standard InChI is InChI=1S/C15H12N2O3/c18-8-9-2-1-3-11-10(9)6-7-16-14(11)12-4-5-13(19)17-15(12)20/h1-3,6-8,12H,4-5H2,(H,17,19,20). The lowest BCUT2D eigenvalue weighted by atomic mass is 9.90. The number of benzene rings is 1. The maximum absolute atomic E-state index is 12.0. The third-order valence-corrected chi connectivity index (χ3v) is 3.57. The second kappa shape index (κ2) is 4.85. The molecule has 1 aromatic heterocycles. The van der Waals surface area contributed by atoms with Crippen molar-refractivity contribution in [3.8, 4) is 0 Å². The molecule has 0 spiro atoms. The summed E-state index contributed by atoms with van der Waals surface area (Å²) in [5, 5.41) is 3.89. The van der Waals surface area contributed by atoms with Crippen LogP contribution < -0.4 is 5.32 Å². The Morgan fingerprint density at radius 2 is 2.05 bits per heavy atom. The number of hydrogen-bond acceptors (Lipinski definition) is 4. The Hall–Kier alpha value is -2.56. The maximum atomic E-state index is 12.0. The summed E-state index contributed by atoms with van der Waals surface area (Å²) in [6.07, 6.45) is 3.13. The van der Waals surface area contributed by atoms with Gasteiger partial charge in [0.05, 0.1) is 11.6 Å². The first-order valence-corrected chi connectivity index (χ1v) is 6.37. The van der Waals surface area contributed by atoms with Gasteiger partial charge in [-0.2, -0.15) is 0 Å². The van der Waals surface area contributed by atoms with Gasteiger partial charge >= 0.3 is 0 Å². The predicted octanol–water partition coefficient (Wildman–Crippen LogP) is 1.57. The van der Waals surface area contributed by atoms with Gasteiger partial charge in [0.15, 0.2) is 6.29 Å². The molecule has 3 rings (SSSR count). The molecular weight excluding hydrogens is 256 g/mol. The molecule has 1 aliphatic rings. The van der Waals surface area contributed by atoms with E-state index in [1.165, 1.54) is 0 Å². The summed E-state index contributed by atoms with van der Waals surface area (Å²) >= 11 is 0. The van der Waals surface area contributed by atoms with Crippen LogP contribution in [0.2, 0.25) is 0 Å². The number of fused-ring (bicyclic) bond motifs is 1. The molecule has 0 bridgehead atoms. The van der Waals surface area contributed by atoms with Crippen molar-refractivity contribution in [1.29, 1.82) is 0 Å². The van der Waals surface area contributed by atoms with Crippen LogP contribution in [0.15, 0.2) is 30.5 Å². The first kappa shape index (κ1) is 12.5. The fourth-order valence-electron chi connectivity index (χ4n) is 2.59. The minimum absolute atomic E-state index is 0.250. The number of hydrogen-bond donors (Lipinski definition) is 1. The molecule has 0 aliphatic carbocycles. The number of imide groups is 1. The van der Waals surface area contributed by atoms with E-state index in [-0.39, 0.29) is 11.8 Å². The molecule has 2 amide bonds. The summed E-state index contributed by atoms with van der Waals surface area (Å²) in [5.41, 5.74) is 1.19. The quantitative estimate of drug-likeness (QED) is 0.662. The van der Waals surface area contributed by atoms with E-state index in [2.05, 4.69) is 10.3 Å². The van der Waals surface area contributed by atoms with Crippen molar-refractivity contribution in [3.63, 3.8) is 0 Å². The van der Waals surface area contributed by atoms with Crippen LogP contribution in [-0.4, -0.2) is 23.1 Å². The Morgan fingerprint density at radius 1 is 1.20 bits per heavy atom. The SMILES string of the molecule is O=Cc1cccc2c(C3CCC(=O)NC3=O)nccc12. The van der Waals surface area contributed by atoms with Crippen LogP contribution >= 0.6 is 0 Å². The Morgan fingerprint density at radius 3 is 2.80 bits per heavy atom. The Labute approximate surface area is 115 Å². The summed E-state index contributed by atoms with van der Waals surface area (Å²) in [7, 11) is 0. The minimum Gasteiger partial charge on any atom is -0.298 e. The number of amides is 2. The number of nitrogens with one attached hydrogen (secondary N) is 1. The van der Waals surface area contributed by atoms with Gasteiger partial charge in [-0.25, -0.2) is 0 Å². The van der Waals surface area contributed by atoms with Crippen molar-refractivity contribution < 1.29 is 14.4 Å².